The SMILES string of the molecule is Cc1cccc(NC(=O)NC2(CC(N)=O)COC2)c1. The van der Waals surface area contributed by atoms with Crippen LogP contribution in [0.25, 0.3) is 0 Å². The van der Waals surface area contributed by atoms with Crippen molar-refractivity contribution >= 4 is 17.6 Å². The molecule has 2 rings (SSSR count). The molecule has 19 heavy (non-hydrogen) atoms. The van der Waals surface area contributed by atoms with Crippen LogP contribution in [0.3, 0.4) is 0 Å². The number of aryl methyl sites for hydroxylation is 1. The molecule has 1 fully saturated rings. The molecule has 3 amide bonds. The maximum absolute atomic E-state index is 11.9. The zero-order valence-corrected chi connectivity index (χ0v) is 10.7. The molecule has 0 bridgehead atoms. The molecular weight excluding hydrogens is 246 g/mol. The number of nitrogens with one attached hydrogen (secondary N) is 2. The third-order valence-electron chi connectivity index (χ3n) is 2.92. The fourth-order valence-corrected chi connectivity index (χ4v) is 2.03. The van der Waals surface area contributed by atoms with Crippen molar-refractivity contribution < 1.29 is 14.3 Å². The normalized spacial score (nSPS) is 16.3. The van der Waals surface area contributed by atoms with Crippen LogP contribution in [0, 0.1) is 6.92 Å². The fourth-order valence-electron chi connectivity index (χ4n) is 2.03. The Morgan fingerprint density at radius 2 is 2.16 bits per heavy atom. The van der Waals surface area contributed by atoms with Gasteiger partial charge in [0.25, 0.3) is 0 Å². The Morgan fingerprint density at radius 1 is 1.42 bits per heavy atom. The third-order valence-corrected chi connectivity index (χ3v) is 2.92. The van der Waals surface area contributed by atoms with Gasteiger partial charge in [-0.3, -0.25) is 4.79 Å². The predicted molar refractivity (Wildman–Crippen MR) is 70.7 cm³/mol. The number of hydrogen-bond acceptors (Lipinski definition) is 3. The number of carbonyl (C=O) groups excluding carboxylic acids is 2. The Morgan fingerprint density at radius 3 is 2.68 bits per heavy atom. The van der Waals surface area contributed by atoms with Gasteiger partial charge in [-0.05, 0) is 24.6 Å². The first-order valence-corrected chi connectivity index (χ1v) is 6.01. The van der Waals surface area contributed by atoms with E-state index in [4.69, 9.17) is 10.5 Å². The Bertz CT molecular complexity index is 498. The Kier molecular flexibility index (Phi) is 3.71. The highest BCUT2D eigenvalue weighted by molar-refractivity contribution is 5.90. The number of primary amides is 1. The minimum absolute atomic E-state index is 0.0776. The summed E-state index contributed by atoms with van der Waals surface area (Å²) in [6.45, 7) is 2.55. The van der Waals surface area contributed by atoms with Crippen molar-refractivity contribution in [2.75, 3.05) is 18.5 Å². The molecular formula is C13H17N3O3. The Balaban J connectivity index is 1.95. The van der Waals surface area contributed by atoms with Crippen molar-refractivity contribution in [1.29, 1.82) is 0 Å². The molecule has 0 atom stereocenters. The maximum atomic E-state index is 11.9. The van der Waals surface area contributed by atoms with Crippen molar-refractivity contribution in [2.24, 2.45) is 5.73 Å². The van der Waals surface area contributed by atoms with E-state index in [0.717, 1.165) is 5.56 Å². The van der Waals surface area contributed by atoms with E-state index in [2.05, 4.69) is 10.6 Å². The average Bonchev–Trinajstić information content (AvgIpc) is 2.25. The molecule has 0 spiro atoms. The van der Waals surface area contributed by atoms with E-state index in [9.17, 15) is 9.59 Å². The van der Waals surface area contributed by atoms with Gasteiger partial charge in [0.1, 0.15) is 0 Å². The molecule has 0 radical (unpaired) electrons. The van der Waals surface area contributed by atoms with Gasteiger partial charge in [-0.2, -0.15) is 0 Å². The molecule has 1 aliphatic heterocycles. The summed E-state index contributed by atoms with van der Waals surface area (Å²) in [6.07, 6.45) is 0.0776. The van der Waals surface area contributed by atoms with Gasteiger partial charge in [0.15, 0.2) is 0 Å². The van der Waals surface area contributed by atoms with Crippen LogP contribution in [0.5, 0.6) is 0 Å². The lowest BCUT2D eigenvalue weighted by molar-refractivity contribution is -0.127. The number of ether oxygens (including phenoxy) is 1. The van der Waals surface area contributed by atoms with Crippen LogP contribution in [-0.2, 0) is 9.53 Å². The lowest BCUT2D eigenvalue weighted by Gasteiger charge is -2.41. The zero-order chi connectivity index (χ0) is 13.9. The summed E-state index contributed by atoms with van der Waals surface area (Å²) in [4.78, 5) is 22.9. The minimum Gasteiger partial charge on any atom is -0.376 e. The van der Waals surface area contributed by atoms with Gasteiger partial charge in [-0.15, -0.1) is 0 Å². The summed E-state index contributed by atoms with van der Waals surface area (Å²) in [5, 5.41) is 5.48. The number of urea groups is 1. The van der Waals surface area contributed by atoms with Crippen LogP contribution < -0.4 is 16.4 Å². The molecule has 1 aliphatic rings. The van der Waals surface area contributed by atoms with Gasteiger partial charge < -0.3 is 21.1 Å². The lowest BCUT2D eigenvalue weighted by atomic mass is 9.93. The summed E-state index contributed by atoms with van der Waals surface area (Å²) in [7, 11) is 0. The second kappa shape index (κ2) is 5.27. The van der Waals surface area contributed by atoms with E-state index in [-0.39, 0.29) is 12.5 Å². The monoisotopic (exact) mass is 263 g/mol. The average molecular weight is 263 g/mol. The van der Waals surface area contributed by atoms with Gasteiger partial charge in [-0.25, -0.2) is 4.79 Å². The molecule has 0 unspecified atom stereocenters. The number of rotatable bonds is 4. The zero-order valence-electron chi connectivity index (χ0n) is 10.7. The van der Waals surface area contributed by atoms with Crippen molar-refractivity contribution in [2.45, 2.75) is 18.9 Å². The molecule has 102 valence electrons. The Hall–Kier alpha value is -2.08. The van der Waals surface area contributed by atoms with Crippen molar-refractivity contribution in [3.8, 4) is 0 Å². The second-order valence-corrected chi connectivity index (χ2v) is 4.86. The summed E-state index contributed by atoms with van der Waals surface area (Å²) >= 11 is 0. The third kappa shape index (κ3) is 3.45. The maximum Gasteiger partial charge on any atom is 0.319 e. The summed E-state index contributed by atoms with van der Waals surface area (Å²) in [5.41, 5.74) is 6.26. The van der Waals surface area contributed by atoms with E-state index in [1.165, 1.54) is 0 Å². The molecule has 1 aromatic carbocycles. The molecule has 1 heterocycles. The standard InChI is InChI=1S/C13H17N3O3/c1-9-3-2-4-10(5-9)15-12(18)16-13(6-11(14)17)7-19-8-13/h2-5H,6-8H2,1H3,(H2,14,17)(H2,15,16,18). The largest absolute Gasteiger partial charge is 0.376 e. The van der Waals surface area contributed by atoms with Crippen molar-refractivity contribution in [3.05, 3.63) is 29.8 Å². The van der Waals surface area contributed by atoms with Gasteiger partial charge in [0.05, 0.1) is 25.2 Å². The molecule has 1 saturated heterocycles. The summed E-state index contributed by atoms with van der Waals surface area (Å²) in [5.74, 6) is -0.459. The first-order chi connectivity index (χ1) is 8.99. The lowest BCUT2D eigenvalue weighted by Crippen LogP contribution is -2.64. The number of hydrogen-bond donors (Lipinski definition) is 3. The highest BCUT2D eigenvalue weighted by Crippen LogP contribution is 2.21. The number of anilines is 1. The Labute approximate surface area is 111 Å². The van der Waals surface area contributed by atoms with Crippen LogP contribution >= 0.6 is 0 Å². The fraction of sp³-hybridized carbons (Fsp3) is 0.385. The number of benzene rings is 1. The van der Waals surface area contributed by atoms with Crippen LogP contribution in [0.1, 0.15) is 12.0 Å². The molecule has 6 nitrogen and oxygen atoms in total. The molecule has 0 aromatic heterocycles. The van der Waals surface area contributed by atoms with E-state index >= 15 is 0 Å². The highest BCUT2D eigenvalue weighted by atomic mass is 16.5. The van der Waals surface area contributed by atoms with Gasteiger partial charge in [-0.1, -0.05) is 12.1 Å². The van der Waals surface area contributed by atoms with Gasteiger partial charge >= 0.3 is 6.03 Å². The van der Waals surface area contributed by atoms with E-state index in [1.54, 1.807) is 6.07 Å². The second-order valence-electron chi connectivity index (χ2n) is 4.86. The van der Waals surface area contributed by atoms with Crippen LogP contribution in [-0.4, -0.2) is 30.7 Å². The molecule has 0 saturated carbocycles. The minimum atomic E-state index is -0.667. The summed E-state index contributed by atoms with van der Waals surface area (Å²) in [6, 6.07) is 7.09. The van der Waals surface area contributed by atoms with Crippen LogP contribution in [0.15, 0.2) is 24.3 Å². The van der Waals surface area contributed by atoms with E-state index in [0.29, 0.717) is 18.9 Å². The van der Waals surface area contributed by atoms with Gasteiger partial charge in [0.2, 0.25) is 5.91 Å². The van der Waals surface area contributed by atoms with E-state index in [1.807, 2.05) is 25.1 Å². The first kappa shape index (κ1) is 13.4. The number of carbonyl (C=O) groups is 2. The molecule has 0 aliphatic carbocycles. The van der Waals surface area contributed by atoms with E-state index < -0.39 is 11.4 Å². The van der Waals surface area contributed by atoms with Crippen molar-refractivity contribution in [3.63, 3.8) is 0 Å². The van der Waals surface area contributed by atoms with Crippen LogP contribution in [0.4, 0.5) is 10.5 Å². The number of nitrogens with two attached hydrogens (primary N) is 1. The summed E-state index contributed by atoms with van der Waals surface area (Å²) < 4.78 is 5.06. The quantitative estimate of drug-likeness (QED) is 0.748. The van der Waals surface area contributed by atoms with Crippen LogP contribution in [0.2, 0.25) is 0 Å². The first-order valence-electron chi connectivity index (χ1n) is 6.01. The predicted octanol–water partition coefficient (Wildman–Crippen LogP) is 0.761. The van der Waals surface area contributed by atoms with Crippen molar-refractivity contribution in [1.82, 2.24) is 5.32 Å². The number of amides is 3. The topological polar surface area (TPSA) is 93.5 Å². The van der Waals surface area contributed by atoms with Gasteiger partial charge in [0, 0.05) is 5.69 Å². The highest BCUT2D eigenvalue weighted by Gasteiger charge is 2.41. The molecule has 6 heteroatoms. The smallest absolute Gasteiger partial charge is 0.319 e. The molecule has 1 aromatic rings. The molecule has 4 N–H and O–H groups in total.